The van der Waals surface area contributed by atoms with Gasteiger partial charge in [0, 0.05) is 43.3 Å². The van der Waals surface area contributed by atoms with Crippen molar-refractivity contribution in [1.29, 1.82) is 0 Å². The summed E-state index contributed by atoms with van der Waals surface area (Å²) in [5, 5.41) is 8.66. The van der Waals surface area contributed by atoms with Crippen LogP contribution in [0, 0.1) is 5.92 Å². The zero-order valence-corrected chi connectivity index (χ0v) is 30.4. The largest absolute Gasteiger partial charge is 0.573 e. The first-order chi connectivity index (χ1) is 25.8. The monoisotopic (exact) mass is 748 g/mol. The molecule has 2 aromatic carbocycles. The van der Waals surface area contributed by atoms with Crippen LogP contribution in [0.4, 0.5) is 29.5 Å². The van der Waals surface area contributed by atoms with E-state index < -0.39 is 30.2 Å². The van der Waals surface area contributed by atoms with Gasteiger partial charge in [-0.05, 0) is 67.1 Å². The first-order valence-electron chi connectivity index (χ1n) is 17.8. The lowest BCUT2D eigenvalue weighted by Crippen LogP contribution is -2.51. The average molecular weight is 749 g/mol. The van der Waals surface area contributed by atoms with Crippen LogP contribution in [0.2, 0.25) is 0 Å². The number of hydrogen-bond donors (Lipinski definition) is 4. The topological polar surface area (TPSA) is 154 Å². The summed E-state index contributed by atoms with van der Waals surface area (Å²) in [6, 6.07) is 13.3. The van der Waals surface area contributed by atoms with Gasteiger partial charge in [0.1, 0.15) is 23.4 Å². The van der Waals surface area contributed by atoms with E-state index >= 15 is 0 Å². The smallest absolute Gasteiger partial charge is 0.453 e. The molecular formula is C38H43F3N8O5. The molecule has 0 unspecified atom stereocenters. The first-order valence-corrected chi connectivity index (χ1v) is 17.8. The highest BCUT2D eigenvalue weighted by Gasteiger charge is 2.37. The Morgan fingerprint density at radius 1 is 0.981 bits per heavy atom. The molecule has 4 aromatic rings. The molecule has 0 saturated carbocycles. The molecule has 2 aliphatic heterocycles. The van der Waals surface area contributed by atoms with Crippen LogP contribution in [0.3, 0.4) is 0 Å². The summed E-state index contributed by atoms with van der Waals surface area (Å²) in [5.74, 6) is -0.203. The van der Waals surface area contributed by atoms with E-state index in [4.69, 9.17) is 4.74 Å². The minimum Gasteiger partial charge on any atom is -0.453 e. The summed E-state index contributed by atoms with van der Waals surface area (Å²) < 4.78 is 49.9. The number of carbonyl (C=O) groups is 3. The van der Waals surface area contributed by atoms with Crippen LogP contribution in [-0.4, -0.2) is 89.5 Å². The van der Waals surface area contributed by atoms with E-state index in [1.54, 1.807) is 47.5 Å². The van der Waals surface area contributed by atoms with E-state index in [9.17, 15) is 27.6 Å². The van der Waals surface area contributed by atoms with Gasteiger partial charge in [0.05, 0.1) is 36.9 Å². The molecule has 3 atom stereocenters. The molecule has 13 nitrogen and oxygen atoms in total. The number of amides is 3. The predicted octanol–water partition coefficient (Wildman–Crippen LogP) is 6.13. The molecule has 2 aliphatic rings. The highest BCUT2D eigenvalue weighted by atomic mass is 19.4. The Morgan fingerprint density at radius 3 is 2.41 bits per heavy atom. The van der Waals surface area contributed by atoms with Crippen molar-refractivity contribution >= 4 is 29.4 Å². The summed E-state index contributed by atoms with van der Waals surface area (Å²) in [6.45, 7) is 8.74. The van der Waals surface area contributed by atoms with Crippen molar-refractivity contribution in [2.45, 2.75) is 58.1 Å². The van der Waals surface area contributed by atoms with Gasteiger partial charge in [-0.25, -0.2) is 14.8 Å². The number of rotatable bonds is 10. The minimum absolute atomic E-state index is 0.0281. The summed E-state index contributed by atoms with van der Waals surface area (Å²) in [6.07, 6.45) is -1.10. The lowest BCUT2D eigenvalue weighted by Gasteiger charge is -2.34. The maximum atomic E-state index is 13.6. The van der Waals surface area contributed by atoms with E-state index in [0.29, 0.717) is 41.3 Å². The van der Waals surface area contributed by atoms with Crippen molar-refractivity contribution in [2.24, 2.45) is 5.92 Å². The fraction of sp³-hybridized carbons (Fsp3) is 0.395. The average Bonchev–Trinajstić information content (AvgIpc) is 3.84. The highest BCUT2D eigenvalue weighted by molar-refractivity contribution is 6.05. The number of pyridine rings is 1. The van der Waals surface area contributed by atoms with Crippen molar-refractivity contribution in [1.82, 2.24) is 30.5 Å². The van der Waals surface area contributed by atoms with Gasteiger partial charge in [-0.2, -0.15) is 0 Å². The summed E-state index contributed by atoms with van der Waals surface area (Å²) >= 11 is 0. The molecule has 2 saturated heterocycles. The number of likely N-dealkylation sites (tertiary alicyclic amines) is 1. The van der Waals surface area contributed by atoms with Crippen LogP contribution < -0.4 is 25.6 Å². The van der Waals surface area contributed by atoms with E-state index in [1.165, 1.54) is 25.4 Å². The first kappa shape index (κ1) is 38.1. The molecule has 2 fully saturated rings. The number of halogens is 3. The number of piperazine rings is 1. The number of hydrogen-bond acceptors (Lipinski definition) is 9. The molecular weight excluding hydrogens is 705 g/mol. The number of nitrogens with zero attached hydrogens (tertiary/aromatic N) is 4. The molecule has 286 valence electrons. The number of aromatic nitrogens is 3. The number of alkyl carbamates (subject to hydrolysis) is 1. The lowest BCUT2D eigenvalue weighted by molar-refractivity contribution is -0.274. The van der Waals surface area contributed by atoms with Crippen LogP contribution in [0.25, 0.3) is 22.4 Å². The number of alkyl halides is 3. The predicted molar refractivity (Wildman–Crippen MR) is 196 cm³/mol. The third-order valence-electron chi connectivity index (χ3n) is 9.62. The Labute approximate surface area is 310 Å². The van der Waals surface area contributed by atoms with Gasteiger partial charge >= 0.3 is 12.5 Å². The summed E-state index contributed by atoms with van der Waals surface area (Å²) in [4.78, 5) is 54.8. The zero-order valence-electron chi connectivity index (χ0n) is 30.4. The second-order valence-electron chi connectivity index (χ2n) is 13.7. The van der Waals surface area contributed by atoms with Gasteiger partial charge in [0.2, 0.25) is 5.91 Å². The molecule has 0 radical (unpaired) electrons. The molecule has 4 N–H and O–H groups in total. The quantitative estimate of drug-likeness (QED) is 0.150. The number of imidazole rings is 1. The Kier molecular flexibility index (Phi) is 11.4. The normalized spacial score (nSPS) is 18.0. The van der Waals surface area contributed by atoms with Gasteiger partial charge in [-0.1, -0.05) is 38.1 Å². The number of carbonyl (C=O) groups excluding carboxylic acids is 3. The Hall–Kier alpha value is -5.64. The van der Waals surface area contributed by atoms with Gasteiger partial charge in [-0.3, -0.25) is 9.59 Å². The maximum absolute atomic E-state index is 13.6. The molecule has 3 amide bonds. The van der Waals surface area contributed by atoms with Crippen molar-refractivity contribution in [2.75, 3.05) is 43.5 Å². The lowest BCUT2D eigenvalue weighted by atomic mass is 10.00. The van der Waals surface area contributed by atoms with Crippen molar-refractivity contribution < 1.29 is 37.0 Å². The number of benzene rings is 2. The van der Waals surface area contributed by atoms with E-state index in [-0.39, 0.29) is 35.0 Å². The van der Waals surface area contributed by atoms with Crippen LogP contribution in [-0.2, 0) is 9.53 Å². The van der Waals surface area contributed by atoms with Gasteiger partial charge < -0.3 is 40.2 Å². The molecule has 2 aromatic heterocycles. The standard InChI is InChI=1S/C38H43F3N8O5/c1-22(2)33(47-37(52)53-4)36(51)49-16-5-6-30(49)34-44-21-29(46-34)25-9-7-24(8-10-25)28-13-11-26(18-31(28)54-38(39,40)41)35(50)45-27-12-14-32(43-20-27)48-17-15-42-19-23(48)3/h7-14,18,20-23,30,33,42H,5-6,15-17,19H2,1-4H3,(H,44,46)(H,45,50)(H,47,52)/t23-,30+,33+/m1/s1. The highest BCUT2D eigenvalue weighted by Crippen LogP contribution is 2.37. The number of nitrogens with one attached hydrogen (secondary N) is 4. The van der Waals surface area contributed by atoms with E-state index in [1.807, 2.05) is 13.8 Å². The zero-order chi connectivity index (χ0) is 38.6. The minimum atomic E-state index is -5.00. The fourth-order valence-corrected chi connectivity index (χ4v) is 6.80. The van der Waals surface area contributed by atoms with Crippen molar-refractivity contribution in [3.05, 3.63) is 78.4 Å². The summed E-state index contributed by atoms with van der Waals surface area (Å²) in [5.41, 5.74) is 2.29. The van der Waals surface area contributed by atoms with Crippen LogP contribution in [0.5, 0.6) is 5.75 Å². The molecule has 16 heteroatoms. The van der Waals surface area contributed by atoms with Crippen molar-refractivity contribution in [3.8, 4) is 28.1 Å². The second kappa shape index (κ2) is 16.2. The Balaban J connectivity index is 1.17. The van der Waals surface area contributed by atoms with Crippen molar-refractivity contribution in [3.63, 3.8) is 0 Å². The molecule has 54 heavy (non-hydrogen) atoms. The summed E-state index contributed by atoms with van der Waals surface area (Å²) in [7, 11) is 1.24. The number of anilines is 2. The van der Waals surface area contributed by atoms with Gasteiger partial charge in [-0.15, -0.1) is 13.2 Å². The number of methoxy groups -OCH3 is 1. The van der Waals surface area contributed by atoms with Crippen LogP contribution in [0.15, 0.2) is 67.0 Å². The van der Waals surface area contributed by atoms with E-state index in [2.05, 4.69) is 47.5 Å². The van der Waals surface area contributed by atoms with E-state index in [0.717, 1.165) is 37.9 Å². The number of aromatic amines is 1. The third-order valence-corrected chi connectivity index (χ3v) is 9.62. The molecule has 0 aliphatic carbocycles. The fourth-order valence-electron chi connectivity index (χ4n) is 6.80. The SMILES string of the molecule is COC(=O)N[C@H](C(=O)N1CCC[C@H]1c1ncc(-c2ccc(-c3ccc(C(=O)Nc4ccc(N5CCNC[C@H]5C)nc4)cc3OC(F)(F)F)cc2)[nH]1)C(C)C. The molecule has 0 spiro atoms. The number of H-pyrrole nitrogens is 1. The third kappa shape index (κ3) is 8.76. The Bertz CT molecular complexity index is 1950. The van der Waals surface area contributed by atoms with Crippen LogP contribution in [0.1, 0.15) is 55.8 Å². The van der Waals surface area contributed by atoms with Gasteiger partial charge in [0.25, 0.3) is 5.91 Å². The molecule has 4 heterocycles. The second-order valence-corrected chi connectivity index (χ2v) is 13.7. The van der Waals surface area contributed by atoms with Crippen LogP contribution >= 0.6 is 0 Å². The molecule has 0 bridgehead atoms. The number of ether oxygens (including phenoxy) is 2. The maximum Gasteiger partial charge on any atom is 0.573 e. The van der Waals surface area contributed by atoms with Gasteiger partial charge in [0.15, 0.2) is 0 Å². The Morgan fingerprint density at radius 2 is 1.74 bits per heavy atom. The molecule has 6 rings (SSSR count).